The molecule has 1 aliphatic rings. The van der Waals surface area contributed by atoms with Crippen molar-refractivity contribution in [2.45, 2.75) is 6.92 Å². The summed E-state index contributed by atoms with van der Waals surface area (Å²) in [5.74, 6) is 0.496. The minimum Gasteiger partial charge on any atom is -0.450 e. The van der Waals surface area contributed by atoms with Crippen LogP contribution in [-0.2, 0) is 4.74 Å². The van der Waals surface area contributed by atoms with Crippen LogP contribution < -0.4 is 4.90 Å². The zero-order valence-corrected chi connectivity index (χ0v) is 13.5. The first-order valence-electron chi connectivity index (χ1n) is 7.43. The van der Waals surface area contributed by atoms with Crippen LogP contribution in [0.25, 0.3) is 11.4 Å². The zero-order valence-electron chi connectivity index (χ0n) is 12.7. The Morgan fingerprint density at radius 3 is 2.83 bits per heavy atom. The number of carbonyl (C=O) groups excluding carboxylic acids is 1. The first-order valence-corrected chi connectivity index (χ1v) is 7.81. The largest absolute Gasteiger partial charge is 0.450 e. The normalized spacial score (nSPS) is 14.9. The molecule has 0 atom stereocenters. The molecule has 7 nitrogen and oxygen atoms in total. The molecular weight excluding hydrogens is 320 g/mol. The van der Waals surface area contributed by atoms with Crippen LogP contribution in [-0.4, -0.2) is 53.9 Å². The molecule has 0 saturated carbocycles. The monoisotopic (exact) mass is 336 g/mol. The van der Waals surface area contributed by atoms with E-state index in [1.54, 1.807) is 24.0 Å². The summed E-state index contributed by atoms with van der Waals surface area (Å²) in [6.45, 7) is 4.54. The van der Waals surface area contributed by atoms with E-state index in [9.17, 15) is 4.79 Å². The van der Waals surface area contributed by atoms with Crippen molar-refractivity contribution in [3.8, 4) is 11.4 Å². The molecule has 1 fully saturated rings. The van der Waals surface area contributed by atoms with Gasteiger partial charge in [-0.05, 0) is 19.1 Å². The van der Waals surface area contributed by atoms with E-state index in [4.69, 9.17) is 20.9 Å². The summed E-state index contributed by atoms with van der Waals surface area (Å²) in [6.07, 6.45) is -0.280. The predicted molar refractivity (Wildman–Crippen MR) is 85.6 cm³/mol. The highest BCUT2D eigenvalue weighted by molar-refractivity contribution is 6.30. The molecule has 0 spiro atoms. The van der Waals surface area contributed by atoms with Crippen molar-refractivity contribution >= 4 is 23.7 Å². The van der Waals surface area contributed by atoms with E-state index in [2.05, 4.69) is 10.1 Å². The predicted octanol–water partition coefficient (Wildman–Crippen LogP) is 2.67. The van der Waals surface area contributed by atoms with Crippen LogP contribution in [0.2, 0.25) is 5.02 Å². The van der Waals surface area contributed by atoms with Crippen LogP contribution in [0, 0.1) is 0 Å². The van der Waals surface area contributed by atoms with Gasteiger partial charge in [0.2, 0.25) is 5.82 Å². The van der Waals surface area contributed by atoms with Crippen LogP contribution in [0.4, 0.5) is 10.8 Å². The zero-order chi connectivity index (χ0) is 16.2. The molecule has 0 N–H and O–H groups in total. The lowest BCUT2D eigenvalue weighted by atomic mass is 10.2. The second-order valence-electron chi connectivity index (χ2n) is 5.08. The van der Waals surface area contributed by atoms with E-state index in [1.807, 2.05) is 17.0 Å². The van der Waals surface area contributed by atoms with Gasteiger partial charge in [0.15, 0.2) is 0 Å². The maximum absolute atomic E-state index is 11.7. The molecule has 1 aliphatic heterocycles. The van der Waals surface area contributed by atoms with Gasteiger partial charge in [0.05, 0.1) is 6.61 Å². The Bertz CT molecular complexity index is 683. The first-order chi connectivity index (χ1) is 11.2. The molecule has 1 amide bonds. The molecule has 2 heterocycles. The fourth-order valence-corrected chi connectivity index (χ4v) is 2.57. The summed E-state index contributed by atoms with van der Waals surface area (Å²) < 4.78 is 10.3. The van der Waals surface area contributed by atoms with Crippen molar-refractivity contribution in [1.82, 2.24) is 15.0 Å². The molecule has 122 valence electrons. The van der Waals surface area contributed by atoms with Crippen molar-refractivity contribution < 1.29 is 14.1 Å². The minimum absolute atomic E-state index is 0.280. The van der Waals surface area contributed by atoms with E-state index < -0.39 is 0 Å². The summed E-state index contributed by atoms with van der Waals surface area (Å²) in [5, 5.41) is 4.62. The Morgan fingerprint density at radius 2 is 2.13 bits per heavy atom. The molecule has 0 unspecified atom stereocenters. The third kappa shape index (κ3) is 3.56. The quantitative estimate of drug-likeness (QED) is 0.858. The van der Waals surface area contributed by atoms with Gasteiger partial charge in [-0.3, -0.25) is 0 Å². The summed E-state index contributed by atoms with van der Waals surface area (Å²) in [4.78, 5) is 19.7. The van der Waals surface area contributed by atoms with Gasteiger partial charge in [0, 0.05) is 36.8 Å². The molecule has 0 aliphatic carbocycles. The van der Waals surface area contributed by atoms with E-state index >= 15 is 0 Å². The number of amides is 1. The van der Waals surface area contributed by atoms with E-state index in [0.29, 0.717) is 49.6 Å². The van der Waals surface area contributed by atoms with Crippen molar-refractivity contribution in [2.75, 3.05) is 37.7 Å². The van der Waals surface area contributed by atoms with Crippen LogP contribution in [0.3, 0.4) is 0 Å². The SMILES string of the molecule is CCOC(=O)N1CCN(c2nc(-c3cccc(Cl)c3)no2)CC1. The highest BCUT2D eigenvalue weighted by Crippen LogP contribution is 2.23. The lowest BCUT2D eigenvalue weighted by Gasteiger charge is -2.32. The number of aromatic nitrogens is 2. The maximum Gasteiger partial charge on any atom is 0.409 e. The fourth-order valence-electron chi connectivity index (χ4n) is 2.38. The Hall–Kier alpha value is -2.28. The van der Waals surface area contributed by atoms with Gasteiger partial charge in [0.25, 0.3) is 0 Å². The standard InChI is InChI=1S/C15H17ClN4O3/c1-2-22-15(21)20-8-6-19(7-9-20)14-17-13(18-23-14)11-4-3-5-12(16)10-11/h3-5,10H,2,6-9H2,1H3. The van der Waals surface area contributed by atoms with Crippen LogP contribution >= 0.6 is 11.6 Å². The number of piperazine rings is 1. The minimum atomic E-state index is -0.280. The number of nitrogens with zero attached hydrogens (tertiary/aromatic N) is 4. The summed E-state index contributed by atoms with van der Waals surface area (Å²) >= 11 is 5.98. The number of hydrogen-bond donors (Lipinski definition) is 0. The van der Waals surface area contributed by atoms with Crippen molar-refractivity contribution in [3.05, 3.63) is 29.3 Å². The molecule has 2 aromatic rings. The summed E-state index contributed by atoms with van der Waals surface area (Å²) in [7, 11) is 0. The molecule has 23 heavy (non-hydrogen) atoms. The molecule has 3 rings (SSSR count). The van der Waals surface area contributed by atoms with Gasteiger partial charge in [0.1, 0.15) is 0 Å². The lowest BCUT2D eigenvalue weighted by Crippen LogP contribution is -2.49. The number of halogens is 1. The number of ether oxygens (including phenoxy) is 1. The van der Waals surface area contributed by atoms with E-state index in [-0.39, 0.29) is 6.09 Å². The molecule has 1 aromatic carbocycles. The second-order valence-corrected chi connectivity index (χ2v) is 5.52. The van der Waals surface area contributed by atoms with Gasteiger partial charge in [-0.25, -0.2) is 4.79 Å². The van der Waals surface area contributed by atoms with Gasteiger partial charge >= 0.3 is 12.1 Å². The average Bonchev–Trinajstić information content (AvgIpc) is 3.05. The van der Waals surface area contributed by atoms with Gasteiger partial charge < -0.3 is 19.1 Å². The number of anilines is 1. The molecule has 8 heteroatoms. The Morgan fingerprint density at radius 1 is 1.35 bits per heavy atom. The second kappa shape index (κ2) is 6.87. The van der Waals surface area contributed by atoms with Crippen molar-refractivity contribution in [3.63, 3.8) is 0 Å². The Balaban J connectivity index is 1.65. The third-order valence-electron chi connectivity index (χ3n) is 3.57. The van der Waals surface area contributed by atoms with Gasteiger partial charge in [-0.2, -0.15) is 4.98 Å². The van der Waals surface area contributed by atoms with Crippen LogP contribution in [0.15, 0.2) is 28.8 Å². The number of hydrogen-bond acceptors (Lipinski definition) is 6. The Kier molecular flexibility index (Phi) is 4.66. The Labute approximate surface area is 138 Å². The van der Waals surface area contributed by atoms with Crippen LogP contribution in [0.1, 0.15) is 6.92 Å². The fraction of sp³-hybridized carbons (Fsp3) is 0.400. The first kappa shape index (κ1) is 15.6. The molecule has 0 radical (unpaired) electrons. The smallest absolute Gasteiger partial charge is 0.409 e. The summed E-state index contributed by atoms with van der Waals surface area (Å²) in [5.41, 5.74) is 0.803. The maximum atomic E-state index is 11.7. The van der Waals surface area contributed by atoms with Gasteiger partial charge in [-0.15, -0.1) is 0 Å². The molecule has 0 bridgehead atoms. The highest BCUT2D eigenvalue weighted by Gasteiger charge is 2.25. The highest BCUT2D eigenvalue weighted by atomic mass is 35.5. The molecule has 1 aromatic heterocycles. The third-order valence-corrected chi connectivity index (χ3v) is 3.81. The molecular formula is C15H17ClN4O3. The summed E-state index contributed by atoms with van der Waals surface area (Å²) in [6, 6.07) is 7.74. The van der Waals surface area contributed by atoms with E-state index in [1.165, 1.54) is 0 Å². The number of rotatable bonds is 3. The number of carbonyl (C=O) groups is 1. The van der Waals surface area contributed by atoms with Gasteiger partial charge in [-0.1, -0.05) is 28.9 Å². The lowest BCUT2D eigenvalue weighted by molar-refractivity contribution is 0.104. The van der Waals surface area contributed by atoms with Crippen molar-refractivity contribution in [2.24, 2.45) is 0 Å². The van der Waals surface area contributed by atoms with Crippen molar-refractivity contribution in [1.29, 1.82) is 0 Å². The topological polar surface area (TPSA) is 71.7 Å². The molecule has 1 saturated heterocycles. The van der Waals surface area contributed by atoms with Crippen LogP contribution in [0.5, 0.6) is 0 Å². The average molecular weight is 337 g/mol. The van der Waals surface area contributed by atoms with E-state index in [0.717, 1.165) is 5.56 Å². The number of benzene rings is 1.